The molecule has 0 spiro atoms. The number of hydrogen-bond acceptors (Lipinski definition) is 6. The Morgan fingerprint density at radius 3 is 2.49 bits per heavy atom. The van der Waals surface area contributed by atoms with E-state index in [1.54, 1.807) is 37.3 Å². The number of nitrogens with zero attached hydrogens (tertiary/aromatic N) is 1. The van der Waals surface area contributed by atoms with Crippen LogP contribution in [0.15, 0.2) is 94.6 Å². The summed E-state index contributed by atoms with van der Waals surface area (Å²) in [6.07, 6.45) is 0. The minimum atomic E-state index is -0.914. The summed E-state index contributed by atoms with van der Waals surface area (Å²) in [5.74, 6) is -1.69. The van der Waals surface area contributed by atoms with Crippen molar-refractivity contribution in [3.05, 3.63) is 107 Å². The minimum absolute atomic E-state index is 0.0240. The number of fused-ring (bicyclic) bond motifs is 1. The molecular weight excluding hydrogens is 446 g/mol. The number of ketones is 1. The average Bonchev–Trinajstić information content (AvgIpc) is 3.41. The first-order chi connectivity index (χ1) is 17.0. The Kier molecular flexibility index (Phi) is 5.74. The van der Waals surface area contributed by atoms with Gasteiger partial charge in [0.2, 0.25) is 5.78 Å². The van der Waals surface area contributed by atoms with E-state index in [2.05, 4.69) is 0 Å². The normalized spacial score (nSPS) is 15.7. The highest BCUT2D eigenvalue weighted by atomic mass is 16.5. The Hall–Kier alpha value is -4.52. The lowest BCUT2D eigenvalue weighted by molar-refractivity contribution is -0.130. The van der Waals surface area contributed by atoms with Crippen molar-refractivity contribution >= 4 is 22.7 Å². The van der Waals surface area contributed by atoms with Crippen LogP contribution >= 0.6 is 0 Å². The predicted molar refractivity (Wildman–Crippen MR) is 129 cm³/mol. The van der Waals surface area contributed by atoms with Crippen molar-refractivity contribution < 1.29 is 29.0 Å². The van der Waals surface area contributed by atoms with Gasteiger partial charge in [0.15, 0.2) is 23.0 Å². The van der Waals surface area contributed by atoms with E-state index in [4.69, 9.17) is 9.15 Å². The molecule has 1 aliphatic rings. The molecule has 0 saturated carbocycles. The van der Waals surface area contributed by atoms with Crippen molar-refractivity contribution in [2.24, 2.45) is 0 Å². The third-order valence-corrected chi connectivity index (χ3v) is 5.99. The predicted octanol–water partition coefficient (Wildman–Crippen LogP) is 5.32. The Balaban J connectivity index is 1.62. The van der Waals surface area contributed by atoms with Gasteiger partial charge in [-0.05, 0) is 42.3 Å². The zero-order valence-corrected chi connectivity index (χ0v) is 19.0. The van der Waals surface area contributed by atoms with Gasteiger partial charge in [-0.25, -0.2) is 0 Å². The van der Waals surface area contributed by atoms with Crippen LogP contribution in [0.1, 0.15) is 34.6 Å². The first-order valence-corrected chi connectivity index (χ1v) is 11.2. The van der Waals surface area contributed by atoms with Crippen molar-refractivity contribution in [2.75, 3.05) is 6.61 Å². The maximum absolute atomic E-state index is 13.7. The molecule has 2 heterocycles. The molecule has 4 aromatic rings. The molecule has 1 aromatic heterocycles. The van der Waals surface area contributed by atoms with Gasteiger partial charge in [0.1, 0.15) is 5.58 Å². The van der Waals surface area contributed by atoms with Crippen molar-refractivity contribution in [2.45, 2.75) is 19.5 Å². The summed E-state index contributed by atoms with van der Waals surface area (Å²) in [6, 6.07) is 21.8. The number of carbonyl (C=O) groups is 2. The van der Waals surface area contributed by atoms with E-state index >= 15 is 0 Å². The number of carbonyl (C=O) groups excluding carboxylic acids is 2. The number of phenolic OH excluding ortho intramolecular Hbond substituents is 1. The first-order valence-electron chi connectivity index (χ1n) is 11.2. The summed E-state index contributed by atoms with van der Waals surface area (Å²) in [4.78, 5) is 28.3. The number of benzene rings is 3. The molecule has 1 amide bonds. The van der Waals surface area contributed by atoms with E-state index in [9.17, 15) is 19.8 Å². The molecule has 5 rings (SSSR count). The van der Waals surface area contributed by atoms with E-state index in [1.807, 2.05) is 42.5 Å². The second-order valence-electron chi connectivity index (χ2n) is 8.22. The van der Waals surface area contributed by atoms with Gasteiger partial charge in [0.05, 0.1) is 18.2 Å². The number of amides is 1. The molecule has 0 bridgehead atoms. The quantitative estimate of drug-likeness (QED) is 0.356. The Morgan fingerprint density at radius 1 is 1.00 bits per heavy atom. The van der Waals surface area contributed by atoms with Crippen LogP contribution in [0.3, 0.4) is 0 Å². The van der Waals surface area contributed by atoms with E-state index in [-0.39, 0.29) is 29.4 Å². The number of ether oxygens (including phenoxy) is 1. The fourth-order valence-corrected chi connectivity index (χ4v) is 4.37. The van der Waals surface area contributed by atoms with Gasteiger partial charge in [-0.2, -0.15) is 0 Å². The number of hydrogen-bond donors (Lipinski definition) is 2. The van der Waals surface area contributed by atoms with Gasteiger partial charge in [-0.3, -0.25) is 9.59 Å². The molecule has 0 radical (unpaired) electrons. The zero-order valence-electron chi connectivity index (χ0n) is 19.0. The minimum Gasteiger partial charge on any atom is -0.504 e. The van der Waals surface area contributed by atoms with Crippen LogP contribution in [-0.4, -0.2) is 33.4 Å². The van der Waals surface area contributed by atoms with Crippen LogP contribution in [0.5, 0.6) is 11.5 Å². The second kappa shape index (κ2) is 9.02. The Labute approximate surface area is 201 Å². The van der Waals surface area contributed by atoms with Gasteiger partial charge in [0.25, 0.3) is 5.91 Å². The second-order valence-corrected chi connectivity index (χ2v) is 8.22. The number of aliphatic hydroxyl groups is 1. The Bertz CT molecular complexity index is 1420. The lowest BCUT2D eigenvalue weighted by Gasteiger charge is -2.27. The van der Waals surface area contributed by atoms with Crippen LogP contribution in [-0.2, 0) is 11.3 Å². The third-order valence-electron chi connectivity index (χ3n) is 5.99. The monoisotopic (exact) mass is 469 g/mol. The highest BCUT2D eigenvalue weighted by Crippen LogP contribution is 2.42. The van der Waals surface area contributed by atoms with Gasteiger partial charge < -0.3 is 24.3 Å². The van der Waals surface area contributed by atoms with E-state index in [0.717, 1.165) is 10.9 Å². The molecule has 1 atom stereocenters. The topological polar surface area (TPSA) is 100 Å². The summed E-state index contributed by atoms with van der Waals surface area (Å²) in [5, 5.41) is 21.9. The molecule has 3 aromatic carbocycles. The standard InChI is InChI=1S/C28H23NO6/c1-2-34-22-15-19(12-13-20(22)30)25-24(26(31)23-14-18-10-6-7-11-21(18)35-23)27(32)28(33)29(25)16-17-8-4-3-5-9-17/h3-15,25,30,32H,2,16H2,1H3. The van der Waals surface area contributed by atoms with Crippen molar-refractivity contribution in [1.82, 2.24) is 4.90 Å². The number of aromatic hydroxyl groups is 1. The van der Waals surface area contributed by atoms with Crippen molar-refractivity contribution in [3.8, 4) is 11.5 Å². The van der Waals surface area contributed by atoms with Crippen LogP contribution in [0, 0.1) is 0 Å². The van der Waals surface area contributed by atoms with Gasteiger partial charge in [-0.1, -0.05) is 54.6 Å². The lowest BCUT2D eigenvalue weighted by Crippen LogP contribution is -2.30. The number of rotatable bonds is 7. The summed E-state index contributed by atoms with van der Waals surface area (Å²) >= 11 is 0. The lowest BCUT2D eigenvalue weighted by atomic mass is 9.94. The van der Waals surface area contributed by atoms with Crippen molar-refractivity contribution in [3.63, 3.8) is 0 Å². The number of para-hydroxylation sites is 1. The molecule has 1 aliphatic heterocycles. The number of furan rings is 1. The smallest absolute Gasteiger partial charge is 0.290 e. The summed E-state index contributed by atoms with van der Waals surface area (Å²) < 4.78 is 11.3. The largest absolute Gasteiger partial charge is 0.504 e. The maximum atomic E-state index is 13.7. The number of aliphatic hydroxyl groups excluding tert-OH is 1. The van der Waals surface area contributed by atoms with E-state index < -0.39 is 23.5 Å². The highest BCUT2D eigenvalue weighted by Gasteiger charge is 2.44. The van der Waals surface area contributed by atoms with Crippen LogP contribution in [0.2, 0.25) is 0 Å². The molecule has 0 aliphatic carbocycles. The summed E-state index contributed by atoms with van der Waals surface area (Å²) in [6.45, 7) is 2.27. The number of Topliss-reactive ketones (excluding diaryl/α,β-unsaturated/α-hetero) is 1. The molecular formula is C28H23NO6. The summed E-state index contributed by atoms with van der Waals surface area (Å²) in [5.41, 5.74) is 1.79. The average molecular weight is 469 g/mol. The fraction of sp³-hybridized carbons (Fsp3) is 0.143. The van der Waals surface area contributed by atoms with Crippen LogP contribution < -0.4 is 4.74 Å². The Morgan fingerprint density at radius 2 is 1.74 bits per heavy atom. The van der Waals surface area contributed by atoms with Gasteiger partial charge in [0, 0.05) is 11.9 Å². The number of phenols is 1. The SMILES string of the molecule is CCOc1cc(C2C(C(=O)c3cc4ccccc4o3)=C(O)C(=O)N2Cc2ccccc2)ccc1O. The highest BCUT2D eigenvalue weighted by molar-refractivity contribution is 6.16. The van der Waals surface area contributed by atoms with Gasteiger partial charge in [-0.15, -0.1) is 0 Å². The molecule has 1 unspecified atom stereocenters. The third kappa shape index (κ3) is 4.01. The van der Waals surface area contributed by atoms with E-state index in [0.29, 0.717) is 17.8 Å². The van der Waals surface area contributed by atoms with Crippen LogP contribution in [0.25, 0.3) is 11.0 Å². The molecule has 176 valence electrons. The fourth-order valence-electron chi connectivity index (χ4n) is 4.37. The summed E-state index contributed by atoms with van der Waals surface area (Å²) in [7, 11) is 0. The molecule has 0 fully saturated rings. The molecule has 7 heteroatoms. The maximum Gasteiger partial charge on any atom is 0.290 e. The van der Waals surface area contributed by atoms with E-state index in [1.165, 1.54) is 11.0 Å². The molecule has 7 nitrogen and oxygen atoms in total. The van der Waals surface area contributed by atoms with Crippen molar-refractivity contribution in [1.29, 1.82) is 0 Å². The molecule has 35 heavy (non-hydrogen) atoms. The molecule has 2 N–H and O–H groups in total. The first kappa shape index (κ1) is 22.3. The van der Waals surface area contributed by atoms with Gasteiger partial charge >= 0.3 is 0 Å². The molecule has 0 saturated heterocycles. The zero-order chi connectivity index (χ0) is 24.5. The van der Waals surface area contributed by atoms with Crippen LogP contribution in [0.4, 0.5) is 0 Å².